The molecule has 6 rings (SSSR count). The highest BCUT2D eigenvalue weighted by molar-refractivity contribution is 7.22. The Morgan fingerprint density at radius 2 is 1.71 bits per heavy atom. The number of aromatic nitrogens is 4. The molecule has 0 aliphatic heterocycles. The lowest BCUT2D eigenvalue weighted by Gasteiger charge is -2.08. The van der Waals surface area contributed by atoms with Crippen LogP contribution in [0.15, 0.2) is 84.9 Å². The molecule has 1 amide bonds. The number of hydrogen-bond acceptors (Lipinski definition) is 5. The fraction of sp³-hybridized carbons (Fsp3) is 0. The number of hydrogen-bond donors (Lipinski definition) is 1. The maximum atomic E-state index is 13.5. The van der Waals surface area contributed by atoms with Crippen molar-refractivity contribution in [2.45, 2.75) is 0 Å². The molecule has 3 aromatic heterocycles. The molecule has 170 valence electrons. The van der Waals surface area contributed by atoms with Gasteiger partial charge < -0.3 is 0 Å². The Labute approximate surface area is 207 Å². The van der Waals surface area contributed by atoms with Crippen LogP contribution in [-0.4, -0.2) is 25.5 Å². The van der Waals surface area contributed by atoms with Crippen molar-refractivity contribution in [3.05, 3.63) is 101 Å². The quantitative estimate of drug-likeness (QED) is 0.292. The Balaban J connectivity index is 1.44. The molecule has 35 heavy (non-hydrogen) atoms. The molecule has 0 aliphatic rings. The van der Waals surface area contributed by atoms with Gasteiger partial charge in [-0.2, -0.15) is 5.10 Å². The minimum atomic E-state index is -0.426. The third kappa shape index (κ3) is 4.14. The van der Waals surface area contributed by atoms with Gasteiger partial charge >= 0.3 is 0 Å². The van der Waals surface area contributed by atoms with Crippen LogP contribution in [0.3, 0.4) is 0 Å². The van der Waals surface area contributed by atoms with Crippen molar-refractivity contribution in [2.24, 2.45) is 0 Å². The fourth-order valence-electron chi connectivity index (χ4n) is 3.78. The van der Waals surface area contributed by atoms with Crippen LogP contribution >= 0.6 is 22.9 Å². The largest absolute Gasteiger partial charge is 0.296 e. The van der Waals surface area contributed by atoms with Crippen LogP contribution in [0.5, 0.6) is 0 Å². The number of rotatable bonds is 4. The van der Waals surface area contributed by atoms with Crippen LogP contribution in [-0.2, 0) is 0 Å². The maximum absolute atomic E-state index is 13.5. The number of fused-ring (bicyclic) bond motifs is 2. The van der Waals surface area contributed by atoms with Gasteiger partial charge in [-0.25, -0.2) is 18.9 Å². The second-order valence-electron chi connectivity index (χ2n) is 7.78. The van der Waals surface area contributed by atoms with Gasteiger partial charge in [-0.3, -0.25) is 10.1 Å². The predicted octanol–water partition coefficient (Wildman–Crippen LogP) is 6.72. The summed E-state index contributed by atoms with van der Waals surface area (Å²) in [5.41, 5.74) is 4.52. The topological polar surface area (TPSA) is 72.2 Å². The standard InChI is InChI=1S/C26H15ClFN5OS/c27-17-8-6-16(7-9-17)22-13-21(25(34)31-26-30-19-11-10-18(28)12-23(19)35-26)29-24-14-20(32-33(22)24)15-4-2-1-3-5-15/h1-14H,(H,30,31,34). The highest BCUT2D eigenvalue weighted by atomic mass is 35.5. The molecule has 6 aromatic rings. The zero-order valence-corrected chi connectivity index (χ0v) is 19.5. The molecule has 6 nitrogen and oxygen atoms in total. The second kappa shape index (κ2) is 8.57. The van der Waals surface area contributed by atoms with Crippen LogP contribution in [0.2, 0.25) is 5.02 Å². The van der Waals surface area contributed by atoms with Gasteiger partial charge in [-0.05, 0) is 36.4 Å². The molecule has 0 atom stereocenters. The van der Waals surface area contributed by atoms with Gasteiger partial charge in [-0.15, -0.1) is 0 Å². The summed E-state index contributed by atoms with van der Waals surface area (Å²) in [5.74, 6) is -0.779. The highest BCUT2D eigenvalue weighted by Gasteiger charge is 2.18. The van der Waals surface area contributed by atoms with E-state index in [1.807, 2.05) is 48.5 Å². The first kappa shape index (κ1) is 21.4. The van der Waals surface area contributed by atoms with Gasteiger partial charge in [0.1, 0.15) is 11.5 Å². The van der Waals surface area contributed by atoms with Gasteiger partial charge in [0, 0.05) is 22.2 Å². The number of amides is 1. The fourth-order valence-corrected chi connectivity index (χ4v) is 4.79. The second-order valence-corrected chi connectivity index (χ2v) is 9.25. The number of nitrogens with one attached hydrogen (secondary N) is 1. The lowest BCUT2D eigenvalue weighted by Crippen LogP contribution is -2.15. The third-order valence-electron chi connectivity index (χ3n) is 5.44. The average Bonchev–Trinajstić information content (AvgIpc) is 3.48. The molecule has 9 heteroatoms. The molecule has 0 unspecified atom stereocenters. The maximum Gasteiger partial charge on any atom is 0.276 e. The van der Waals surface area contributed by atoms with Gasteiger partial charge in [0.15, 0.2) is 10.8 Å². The smallest absolute Gasteiger partial charge is 0.276 e. The van der Waals surface area contributed by atoms with Crippen molar-refractivity contribution in [3.63, 3.8) is 0 Å². The van der Waals surface area contributed by atoms with Crippen molar-refractivity contribution in [3.8, 4) is 22.5 Å². The molecule has 0 bridgehead atoms. The Hall–Kier alpha value is -4.14. The molecule has 3 aromatic carbocycles. The molecule has 0 fully saturated rings. The van der Waals surface area contributed by atoms with Crippen molar-refractivity contribution < 1.29 is 9.18 Å². The molecular formula is C26H15ClFN5OS. The first-order valence-electron chi connectivity index (χ1n) is 10.6. The molecule has 0 saturated heterocycles. The zero-order valence-electron chi connectivity index (χ0n) is 17.9. The summed E-state index contributed by atoms with van der Waals surface area (Å²) in [7, 11) is 0. The van der Waals surface area contributed by atoms with E-state index in [1.54, 1.807) is 28.8 Å². The summed E-state index contributed by atoms with van der Waals surface area (Å²) < 4.78 is 15.9. The molecule has 0 saturated carbocycles. The SMILES string of the molecule is O=C(Nc1nc2ccc(F)cc2s1)c1cc(-c2ccc(Cl)cc2)n2nc(-c3ccccc3)cc2n1. The molecule has 0 radical (unpaired) electrons. The van der Waals surface area contributed by atoms with E-state index in [9.17, 15) is 9.18 Å². The van der Waals surface area contributed by atoms with E-state index in [0.29, 0.717) is 31.7 Å². The third-order valence-corrected chi connectivity index (χ3v) is 6.63. The zero-order chi connectivity index (χ0) is 23.9. The Kier molecular flexibility index (Phi) is 5.24. The van der Waals surface area contributed by atoms with E-state index in [2.05, 4.69) is 15.3 Å². The van der Waals surface area contributed by atoms with Crippen LogP contribution in [0.1, 0.15) is 10.5 Å². The van der Waals surface area contributed by atoms with Gasteiger partial charge in [0.05, 0.1) is 21.6 Å². The number of nitrogens with zero attached hydrogens (tertiary/aromatic N) is 4. The van der Waals surface area contributed by atoms with E-state index >= 15 is 0 Å². The van der Waals surface area contributed by atoms with E-state index < -0.39 is 5.91 Å². The summed E-state index contributed by atoms with van der Waals surface area (Å²) in [6, 6.07) is 24.9. The first-order valence-corrected chi connectivity index (χ1v) is 11.8. The minimum absolute atomic E-state index is 0.201. The van der Waals surface area contributed by atoms with Crippen molar-refractivity contribution in [2.75, 3.05) is 5.32 Å². The van der Waals surface area contributed by atoms with Crippen molar-refractivity contribution in [1.29, 1.82) is 0 Å². The molecule has 1 N–H and O–H groups in total. The van der Waals surface area contributed by atoms with E-state index in [1.165, 1.54) is 23.5 Å². The van der Waals surface area contributed by atoms with Gasteiger partial charge in [0.2, 0.25) is 0 Å². The van der Waals surface area contributed by atoms with Gasteiger partial charge in [-0.1, -0.05) is 65.4 Å². The summed E-state index contributed by atoms with van der Waals surface area (Å²) >= 11 is 7.29. The summed E-state index contributed by atoms with van der Waals surface area (Å²) in [6.07, 6.45) is 0. The normalized spacial score (nSPS) is 11.3. The number of carbonyl (C=O) groups is 1. The summed E-state index contributed by atoms with van der Waals surface area (Å²) in [6.45, 7) is 0. The van der Waals surface area contributed by atoms with E-state index in [0.717, 1.165) is 16.8 Å². The van der Waals surface area contributed by atoms with Crippen LogP contribution in [0.25, 0.3) is 38.4 Å². The first-order chi connectivity index (χ1) is 17.0. The lowest BCUT2D eigenvalue weighted by molar-refractivity contribution is 0.102. The Morgan fingerprint density at radius 3 is 2.51 bits per heavy atom. The number of halogens is 2. The minimum Gasteiger partial charge on any atom is -0.296 e. The lowest BCUT2D eigenvalue weighted by atomic mass is 10.1. The number of thiazole rings is 1. The highest BCUT2D eigenvalue weighted by Crippen LogP contribution is 2.29. The van der Waals surface area contributed by atoms with Crippen LogP contribution < -0.4 is 5.32 Å². The van der Waals surface area contributed by atoms with Gasteiger partial charge in [0.25, 0.3) is 5.91 Å². The van der Waals surface area contributed by atoms with Crippen molar-refractivity contribution in [1.82, 2.24) is 19.6 Å². The average molecular weight is 500 g/mol. The number of benzene rings is 3. The van der Waals surface area contributed by atoms with Crippen LogP contribution in [0.4, 0.5) is 9.52 Å². The van der Waals surface area contributed by atoms with Crippen LogP contribution in [0, 0.1) is 5.82 Å². The monoisotopic (exact) mass is 499 g/mol. The van der Waals surface area contributed by atoms with E-state index in [-0.39, 0.29) is 11.5 Å². The summed E-state index contributed by atoms with van der Waals surface area (Å²) in [5, 5.41) is 8.51. The Morgan fingerprint density at radius 1 is 0.914 bits per heavy atom. The molecule has 0 aliphatic carbocycles. The summed E-state index contributed by atoms with van der Waals surface area (Å²) in [4.78, 5) is 22.1. The number of anilines is 1. The Bertz CT molecular complexity index is 1710. The van der Waals surface area contributed by atoms with E-state index in [4.69, 9.17) is 16.7 Å². The molecule has 3 heterocycles. The number of carbonyl (C=O) groups excluding carboxylic acids is 1. The van der Waals surface area contributed by atoms with Crippen molar-refractivity contribution >= 4 is 49.8 Å². The predicted molar refractivity (Wildman–Crippen MR) is 136 cm³/mol. The molecular weight excluding hydrogens is 485 g/mol. The molecule has 0 spiro atoms.